The fourth-order valence-corrected chi connectivity index (χ4v) is 3.91. The van der Waals surface area contributed by atoms with E-state index in [0.29, 0.717) is 17.0 Å². The van der Waals surface area contributed by atoms with E-state index >= 15 is 0 Å². The molecule has 33 heavy (non-hydrogen) atoms. The van der Waals surface area contributed by atoms with Crippen molar-refractivity contribution in [3.63, 3.8) is 0 Å². The Morgan fingerprint density at radius 3 is 2.36 bits per heavy atom. The van der Waals surface area contributed by atoms with Gasteiger partial charge in [-0.05, 0) is 42.5 Å². The Balaban J connectivity index is 1.80. The number of hydrogen-bond donors (Lipinski definition) is 2. The second kappa shape index (κ2) is 11.0. The minimum atomic E-state index is -1.24. The number of carboxylic acids is 1. The van der Waals surface area contributed by atoms with E-state index in [1.54, 1.807) is 11.4 Å². The zero-order valence-electron chi connectivity index (χ0n) is 17.7. The van der Waals surface area contributed by atoms with Crippen molar-refractivity contribution in [3.05, 3.63) is 92.6 Å². The van der Waals surface area contributed by atoms with Gasteiger partial charge in [-0.1, -0.05) is 54.1 Å². The molecule has 2 amide bonds. The molecule has 0 aliphatic carbocycles. The van der Waals surface area contributed by atoms with E-state index in [2.05, 4.69) is 5.43 Å². The Labute approximate surface area is 199 Å². The number of hydrazine groups is 1. The van der Waals surface area contributed by atoms with E-state index in [-0.39, 0.29) is 27.7 Å². The van der Waals surface area contributed by atoms with Gasteiger partial charge in [-0.15, -0.1) is 11.3 Å². The average molecular weight is 485 g/mol. The molecule has 0 fully saturated rings. The zero-order valence-corrected chi connectivity index (χ0v) is 19.2. The summed E-state index contributed by atoms with van der Waals surface area (Å²) in [6.45, 7) is 1.31. The lowest BCUT2D eigenvalue weighted by Crippen LogP contribution is -2.52. The van der Waals surface area contributed by atoms with Crippen LogP contribution in [0, 0.1) is 0 Å². The van der Waals surface area contributed by atoms with Crippen molar-refractivity contribution < 1.29 is 24.3 Å². The maximum absolute atomic E-state index is 13.1. The topological polar surface area (TPSA) is 104 Å². The van der Waals surface area contributed by atoms with E-state index in [1.807, 2.05) is 30.3 Å². The van der Waals surface area contributed by atoms with Crippen LogP contribution in [-0.4, -0.2) is 39.7 Å². The monoisotopic (exact) mass is 484 g/mol. The van der Waals surface area contributed by atoms with Crippen molar-refractivity contribution in [2.24, 2.45) is 0 Å². The number of carboxylic acid groups (broad SMARTS) is 1. The molecule has 0 spiro atoms. The van der Waals surface area contributed by atoms with Gasteiger partial charge in [0.25, 0.3) is 11.8 Å². The molecule has 0 saturated carbocycles. The van der Waals surface area contributed by atoms with Crippen LogP contribution in [0.5, 0.6) is 0 Å². The van der Waals surface area contributed by atoms with Crippen LogP contribution in [0.15, 0.2) is 66.0 Å². The van der Waals surface area contributed by atoms with Gasteiger partial charge in [-0.2, -0.15) is 0 Å². The largest absolute Gasteiger partial charge is 0.480 e. The number of carbonyl (C=O) groups excluding carboxylic acids is 3. The van der Waals surface area contributed by atoms with E-state index in [4.69, 9.17) is 11.6 Å². The predicted octanol–water partition coefficient (Wildman–Crippen LogP) is 4.48. The van der Waals surface area contributed by atoms with Gasteiger partial charge in [-0.3, -0.25) is 19.2 Å². The number of aryl methyl sites for hydroxylation is 1. The van der Waals surface area contributed by atoms with Crippen LogP contribution in [0.3, 0.4) is 0 Å². The van der Waals surface area contributed by atoms with E-state index in [9.17, 15) is 24.3 Å². The Hall–Kier alpha value is -3.33. The van der Waals surface area contributed by atoms with Gasteiger partial charge in [-0.25, -0.2) is 10.4 Å². The van der Waals surface area contributed by atoms with Crippen molar-refractivity contribution in [1.29, 1.82) is 0 Å². The third-order valence-electron chi connectivity index (χ3n) is 4.84. The quantitative estimate of drug-likeness (QED) is 0.264. The first-order chi connectivity index (χ1) is 15.8. The van der Waals surface area contributed by atoms with Crippen molar-refractivity contribution >= 4 is 46.5 Å². The Morgan fingerprint density at radius 1 is 1.03 bits per heavy atom. The van der Waals surface area contributed by atoms with Crippen LogP contribution >= 0.6 is 22.9 Å². The van der Waals surface area contributed by atoms with Crippen LogP contribution in [0.4, 0.5) is 0 Å². The minimum Gasteiger partial charge on any atom is -0.480 e. The summed E-state index contributed by atoms with van der Waals surface area (Å²) in [6, 6.07) is 15.8. The summed E-state index contributed by atoms with van der Waals surface area (Å²) in [6.07, 6.45) is 0.840. The summed E-state index contributed by atoms with van der Waals surface area (Å²) in [5.74, 6) is -2.90. The van der Waals surface area contributed by atoms with Gasteiger partial charge >= 0.3 is 5.97 Å². The van der Waals surface area contributed by atoms with Crippen molar-refractivity contribution in [1.82, 2.24) is 10.4 Å². The summed E-state index contributed by atoms with van der Waals surface area (Å²) >= 11 is 7.42. The molecule has 0 radical (unpaired) electrons. The number of benzene rings is 2. The standard InChI is InChI=1S/C24H21ClN2O5S/c1-15(24(31)32)26-27(23(30)21-8-5-13-33-21)22(29)18-11-10-17(14-19(18)25)20(28)12-9-16-6-3-2-4-7-16/h2-8,10-11,13-15,26H,9,12H2,1H3,(H,31,32)/t15-/m0/s1. The van der Waals surface area contributed by atoms with Crippen molar-refractivity contribution in [2.75, 3.05) is 0 Å². The van der Waals surface area contributed by atoms with E-state index in [0.717, 1.165) is 16.9 Å². The minimum absolute atomic E-state index is 0.0145. The highest BCUT2D eigenvalue weighted by atomic mass is 35.5. The van der Waals surface area contributed by atoms with Gasteiger partial charge in [0.2, 0.25) is 0 Å². The fourth-order valence-electron chi connectivity index (χ4n) is 3.00. The first-order valence-corrected chi connectivity index (χ1v) is 11.3. The molecule has 1 aromatic heterocycles. The van der Waals surface area contributed by atoms with Gasteiger partial charge in [0, 0.05) is 12.0 Å². The smallest absolute Gasteiger partial charge is 0.322 e. The number of thiophene rings is 1. The second-order valence-electron chi connectivity index (χ2n) is 7.22. The maximum atomic E-state index is 13.1. The molecular weight excluding hydrogens is 464 g/mol. The summed E-state index contributed by atoms with van der Waals surface area (Å²) in [7, 11) is 0. The molecular formula is C24H21ClN2O5S. The summed E-state index contributed by atoms with van der Waals surface area (Å²) in [5, 5.41) is 11.5. The molecule has 0 unspecified atom stereocenters. The first-order valence-electron chi connectivity index (χ1n) is 10.1. The van der Waals surface area contributed by atoms with Gasteiger partial charge in [0.15, 0.2) is 5.78 Å². The van der Waals surface area contributed by atoms with Gasteiger partial charge in [0.1, 0.15) is 6.04 Å². The molecule has 9 heteroatoms. The zero-order chi connectivity index (χ0) is 24.0. The van der Waals surface area contributed by atoms with E-state index < -0.39 is 23.8 Å². The molecule has 2 aromatic carbocycles. The number of aliphatic carboxylic acids is 1. The molecule has 7 nitrogen and oxygen atoms in total. The molecule has 170 valence electrons. The highest BCUT2D eigenvalue weighted by Gasteiger charge is 2.29. The Morgan fingerprint density at radius 2 is 1.76 bits per heavy atom. The predicted molar refractivity (Wildman–Crippen MR) is 126 cm³/mol. The summed E-state index contributed by atoms with van der Waals surface area (Å²) < 4.78 is 0. The molecule has 0 saturated heterocycles. The Bertz CT molecular complexity index is 1160. The SMILES string of the molecule is C[C@H](NN(C(=O)c1cccs1)C(=O)c1ccc(C(=O)CCc2ccccc2)cc1Cl)C(=O)O. The van der Waals surface area contributed by atoms with Crippen molar-refractivity contribution in [3.8, 4) is 0 Å². The number of nitrogens with one attached hydrogen (secondary N) is 1. The third-order valence-corrected chi connectivity index (χ3v) is 6.01. The third kappa shape index (κ3) is 6.13. The molecule has 1 atom stereocenters. The number of hydrogen-bond acceptors (Lipinski definition) is 6. The number of rotatable bonds is 9. The molecule has 0 aliphatic heterocycles. The molecule has 0 aliphatic rings. The van der Waals surface area contributed by atoms with Crippen LogP contribution in [0.25, 0.3) is 0 Å². The number of halogens is 1. The lowest BCUT2D eigenvalue weighted by Gasteiger charge is -2.24. The number of ketones is 1. The lowest BCUT2D eigenvalue weighted by atomic mass is 10.0. The number of Topliss-reactive ketones (excluding diaryl/α,β-unsaturated/α-hetero) is 1. The average Bonchev–Trinajstić information content (AvgIpc) is 3.35. The maximum Gasteiger partial charge on any atom is 0.322 e. The van der Waals surface area contributed by atoms with Crippen LogP contribution in [-0.2, 0) is 11.2 Å². The number of imide groups is 1. The fraction of sp³-hybridized carbons (Fsp3) is 0.167. The van der Waals surface area contributed by atoms with Gasteiger partial charge < -0.3 is 5.11 Å². The first kappa shape index (κ1) is 24.3. The molecule has 2 N–H and O–H groups in total. The van der Waals surface area contributed by atoms with Gasteiger partial charge in [0.05, 0.1) is 15.5 Å². The summed E-state index contributed by atoms with van der Waals surface area (Å²) in [4.78, 5) is 50.1. The lowest BCUT2D eigenvalue weighted by molar-refractivity contribution is -0.139. The van der Waals surface area contributed by atoms with Crippen LogP contribution in [0.1, 0.15) is 49.3 Å². The van der Waals surface area contributed by atoms with E-state index in [1.165, 1.54) is 31.2 Å². The number of amides is 2. The molecule has 3 rings (SSSR count). The van der Waals surface area contributed by atoms with Crippen LogP contribution < -0.4 is 5.43 Å². The summed E-state index contributed by atoms with van der Waals surface area (Å²) in [5.41, 5.74) is 3.76. The number of nitrogens with zero attached hydrogens (tertiary/aromatic N) is 1. The second-order valence-corrected chi connectivity index (χ2v) is 8.57. The normalized spacial score (nSPS) is 11.6. The Kier molecular flexibility index (Phi) is 8.11. The highest BCUT2D eigenvalue weighted by molar-refractivity contribution is 7.12. The van der Waals surface area contributed by atoms with Crippen molar-refractivity contribution in [2.45, 2.75) is 25.8 Å². The highest BCUT2D eigenvalue weighted by Crippen LogP contribution is 2.22. The molecule has 1 heterocycles. The van der Waals surface area contributed by atoms with Crippen LogP contribution in [0.2, 0.25) is 5.02 Å². The number of carbonyl (C=O) groups is 4. The molecule has 0 bridgehead atoms. The molecule has 3 aromatic rings.